The summed E-state index contributed by atoms with van der Waals surface area (Å²) in [5, 5.41) is 2.56. The Kier molecular flexibility index (Phi) is 6.11. The summed E-state index contributed by atoms with van der Waals surface area (Å²) in [7, 11) is 4.31. The molecule has 0 aliphatic carbocycles. The Balaban J connectivity index is 1.55. The second-order valence-electron chi connectivity index (χ2n) is 9.67. The van der Waals surface area contributed by atoms with Crippen LogP contribution in [0.2, 0.25) is 0 Å². The number of amides is 6. The van der Waals surface area contributed by atoms with Crippen molar-refractivity contribution in [2.75, 3.05) is 45.8 Å². The van der Waals surface area contributed by atoms with Gasteiger partial charge in [0.1, 0.15) is 5.57 Å². The molecule has 1 spiro atoms. The van der Waals surface area contributed by atoms with Crippen LogP contribution < -0.4 is 10.2 Å². The first-order valence-corrected chi connectivity index (χ1v) is 12.4. The number of imide groups is 2. The van der Waals surface area contributed by atoms with Gasteiger partial charge >= 0.3 is 6.03 Å². The number of hydrogen-bond acceptors (Lipinski definition) is 8. The maximum absolute atomic E-state index is 13.6. The Morgan fingerprint density at radius 1 is 1.14 bits per heavy atom. The van der Waals surface area contributed by atoms with Gasteiger partial charge < -0.3 is 9.64 Å². The average Bonchev–Trinajstić information content (AvgIpc) is 3.38. The number of ether oxygens (including phenoxy) is 1. The van der Waals surface area contributed by atoms with Gasteiger partial charge in [-0.15, -0.1) is 0 Å². The van der Waals surface area contributed by atoms with Gasteiger partial charge in [-0.3, -0.25) is 39.2 Å². The molecule has 5 rings (SSSR count). The van der Waals surface area contributed by atoms with Gasteiger partial charge in [0.15, 0.2) is 10.5 Å². The first kappa shape index (κ1) is 25.0. The summed E-state index contributed by atoms with van der Waals surface area (Å²) < 4.78 is 5.04. The molecule has 1 aromatic carbocycles. The zero-order valence-corrected chi connectivity index (χ0v) is 21.6. The van der Waals surface area contributed by atoms with Crippen molar-refractivity contribution in [3.8, 4) is 0 Å². The number of thiocarbonyl (C=S) groups is 1. The fourth-order valence-electron chi connectivity index (χ4n) is 5.87. The number of methoxy groups -OCH3 is 1. The molecule has 194 valence electrons. The van der Waals surface area contributed by atoms with E-state index in [1.165, 1.54) is 32.2 Å². The summed E-state index contributed by atoms with van der Waals surface area (Å²) in [6.07, 6.45) is 3.06. The molecule has 4 heterocycles. The topological polar surface area (TPSA) is 120 Å². The Hall–Kier alpha value is -3.64. The highest BCUT2D eigenvalue weighted by molar-refractivity contribution is 7.80. The molecule has 0 aromatic heterocycles. The molecule has 0 radical (unpaired) electrons. The predicted molar refractivity (Wildman–Crippen MR) is 136 cm³/mol. The predicted octanol–water partition coefficient (Wildman–Crippen LogP) is 0.521. The minimum absolute atomic E-state index is 0.0220. The highest BCUT2D eigenvalue weighted by Gasteiger charge is 2.63. The fraction of sp³-hybridized carbons (Fsp3) is 0.440. The highest BCUT2D eigenvalue weighted by Crippen LogP contribution is 2.49. The summed E-state index contributed by atoms with van der Waals surface area (Å²) >= 11 is 5.14. The lowest BCUT2D eigenvalue weighted by Gasteiger charge is -2.50. The number of anilines is 1. The molecule has 1 atom stereocenters. The lowest BCUT2D eigenvalue weighted by Crippen LogP contribution is -2.70. The number of nitrogens with one attached hydrogen (secondary N) is 1. The minimum atomic E-state index is -1.42. The normalized spacial score (nSPS) is 24.3. The average molecular weight is 526 g/mol. The van der Waals surface area contributed by atoms with Gasteiger partial charge in [-0.25, -0.2) is 4.79 Å². The Bertz CT molecular complexity index is 1270. The Morgan fingerprint density at radius 2 is 1.84 bits per heavy atom. The molecule has 1 unspecified atom stereocenters. The Morgan fingerprint density at radius 3 is 2.51 bits per heavy atom. The number of urea groups is 1. The van der Waals surface area contributed by atoms with Crippen LogP contribution in [0.3, 0.4) is 0 Å². The third-order valence-corrected chi connectivity index (χ3v) is 7.99. The minimum Gasteiger partial charge on any atom is -0.383 e. The van der Waals surface area contributed by atoms with Gasteiger partial charge in [0.25, 0.3) is 11.8 Å². The third-order valence-electron chi connectivity index (χ3n) is 7.67. The smallest absolute Gasteiger partial charge is 0.332 e. The van der Waals surface area contributed by atoms with Crippen molar-refractivity contribution in [2.24, 2.45) is 5.41 Å². The lowest BCUT2D eigenvalue weighted by atomic mass is 9.68. The first-order valence-electron chi connectivity index (χ1n) is 12.0. The standard InChI is InChI=1S/C25H27N5O6S/c1-27-21(33)25(22(34)28(2)24(27)35)13-15-11-14(6-7-17(15)29-8-4-5-18(25)29)12-16-19(31)26-23(37)30(20(16)32)9-10-36-3/h6-7,11-12,18H,4-5,8-10,13H2,1-3H3,(H,26,31,37)/b16-12+. The number of barbiturate groups is 1. The van der Waals surface area contributed by atoms with Crippen LogP contribution in [-0.2, 0) is 30.3 Å². The second-order valence-corrected chi connectivity index (χ2v) is 10.1. The number of nitrogens with zero attached hydrogens (tertiary/aromatic N) is 4. The van der Waals surface area contributed by atoms with Gasteiger partial charge in [0.2, 0.25) is 11.8 Å². The number of carbonyl (C=O) groups is 5. The lowest BCUT2D eigenvalue weighted by molar-refractivity contribution is -0.159. The van der Waals surface area contributed by atoms with Crippen LogP contribution in [0.1, 0.15) is 24.0 Å². The maximum Gasteiger partial charge on any atom is 0.332 e. The van der Waals surface area contributed by atoms with E-state index in [4.69, 9.17) is 17.0 Å². The molecule has 0 bridgehead atoms. The molecule has 11 nitrogen and oxygen atoms in total. The van der Waals surface area contributed by atoms with E-state index in [0.717, 1.165) is 27.5 Å². The quantitative estimate of drug-likeness (QED) is 0.262. The SMILES string of the molecule is COCCN1C(=O)/C(=C/c2ccc3c(c2)CC2(C(=O)N(C)C(=O)N(C)C2=O)C2CCCN32)C(=O)NC1=S. The molecule has 1 aromatic rings. The molecule has 6 amide bonds. The maximum atomic E-state index is 13.6. The summed E-state index contributed by atoms with van der Waals surface area (Å²) in [5.74, 6) is -2.14. The zero-order chi connectivity index (χ0) is 26.6. The molecular formula is C25H27N5O6S. The van der Waals surface area contributed by atoms with Crippen molar-refractivity contribution in [1.29, 1.82) is 0 Å². The van der Waals surface area contributed by atoms with Gasteiger partial charge in [0, 0.05) is 33.4 Å². The summed E-state index contributed by atoms with van der Waals surface area (Å²) in [5.41, 5.74) is 0.705. The number of rotatable bonds is 4. The fourth-order valence-corrected chi connectivity index (χ4v) is 6.14. The number of hydrogen-bond donors (Lipinski definition) is 1. The number of fused-ring (bicyclic) bond motifs is 4. The van der Waals surface area contributed by atoms with E-state index in [9.17, 15) is 24.0 Å². The van der Waals surface area contributed by atoms with Crippen molar-refractivity contribution in [3.05, 3.63) is 34.9 Å². The molecule has 0 saturated carbocycles. The van der Waals surface area contributed by atoms with Crippen LogP contribution in [0.25, 0.3) is 6.08 Å². The van der Waals surface area contributed by atoms with E-state index >= 15 is 0 Å². The van der Waals surface area contributed by atoms with E-state index < -0.39 is 35.1 Å². The number of carbonyl (C=O) groups excluding carboxylic acids is 5. The van der Waals surface area contributed by atoms with Gasteiger partial charge in [-0.1, -0.05) is 6.07 Å². The van der Waals surface area contributed by atoms with Crippen LogP contribution in [-0.4, -0.2) is 96.4 Å². The molecule has 3 fully saturated rings. The van der Waals surface area contributed by atoms with Crippen molar-refractivity contribution in [1.82, 2.24) is 20.0 Å². The van der Waals surface area contributed by atoms with Crippen LogP contribution in [0.4, 0.5) is 10.5 Å². The van der Waals surface area contributed by atoms with E-state index in [-0.39, 0.29) is 36.3 Å². The van der Waals surface area contributed by atoms with Crippen LogP contribution >= 0.6 is 12.2 Å². The van der Waals surface area contributed by atoms with E-state index in [0.29, 0.717) is 18.5 Å². The number of benzene rings is 1. The molecule has 37 heavy (non-hydrogen) atoms. The van der Waals surface area contributed by atoms with Gasteiger partial charge in [-0.05, 0) is 60.8 Å². The largest absolute Gasteiger partial charge is 0.383 e. The van der Waals surface area contributed by atoms with Crippen molar-refractivity contribution in [2.45, 2.75) is 25.3 Å². The van der Waals surface area contributed by atoms with Crippen molar-refractivity contribution >= 4 is 58.8 Å². The molecular weight excluding hydrogens is 498 g/mol. The van der Waals surface area contributed by atoms with Crippen molar-refractivity contribution < 1.29 is 28.7 Å². The molecule has 12 heteroatoms. The van der Waals surface area contributed by atoms with E-state index in [2.05, 4.69) is 10.2 Å². The molecule has 4 aliphatic rings. The summed E-state index contributed by atoms with van der Waals surface area (Å²) in [6.45, 7) is 1.12. The third kappa shape index (κ3) is 3.65. The van der Waals surface area contributed by atoms with Crippen LogP contribution in [0, 0.1) is 5.41 Å². The monoisotopic (exact) mass is 525 g/mol. The van der Waals surface area contributed by atoms with Crippen molar-refractivity contribution in [3.63, 3.8) is 0 Å². The van der Waals surface area contributed by atoms with Gasteiger partial charge in [-0.2, -0.15) is 0 Å². The molecule has 4 aliphatic heterocycles. The van der Waals surface area contributed by atoms with Crippen LogP contribution in [0.5, 0.6) is 0 Å². The Labute approximate surface area is 219 Å². The zero-order valence-electron chi connectivity index (χ0n) is 20.8. The summed E-state index contributed by atoms with van der Waals surface area (Å²) in [4.78, 5) is 70.6. The molecule has 1 N–H and O–H groups in total. The first-order chi connectivity index (χ1) is 17.6. The highest BCUT2D eigenvalue weighted by atomic mass is 32.1. The van der Waals surface area contributed by atoms with E-state index in [1.807, 2.05) is 6.07 Å². The second kappa shape index (κ2) is 9.03. The summed E-state index contributed by atoms with van der Waals surface area (Å²) in [6, 6.07) is 4.48. The van der Waals surface area contributed by atoms with Gasteiger partial charge in [0.05, 0.1) is 19.2 Å². The molecule has 3 saturated heterocycles. The van der Waals surface area contributed by atoms with E-state index in [1.54, 1.807) is 12.1 Å². The van der Waals surface area contributed by atoms with Crippen LogP contribution in [0.15, 0.2) is 23.8 Å².